The second-order valence-corrected chi connectivity index (χ2v) is 4.31. The Hall–Kier alpha value is -0.300. The molecule has 1 heterocycles. The van der Waals surface area contributed by atoms with Gasteiger partial charge in [-0.15, -0.1) is 6.58 Å². The fourth-order valence-corrected chi connectivity index (χ4v) is 2.83. The highest BCUT2D eigenvalue weighted by Gasteiger charge is 2.33. The van der Waals surface area contributed by atoms with E-state index in [0.717, 1.165) is 18.4 Å². The average Bonchev–Trinajstić information content (AvgIpc) is 2.47. The molecule has 1 heteroatoms. The van der Waals surface area contributed by atoms with Crippen molar-refractivity contribution in [2.24, 2.45) is 11.8 Å². The molecular formula is C11H19N. The SMILES string of the molecule is C=CCN1CC2CCCCC2C1. The minimum Gasteiger partial charge on any atom is -0.299 e. The Kier molecular flexibility index (Phi) is 2.50. The maximum atomic E-state index is 3.80. The van der Waals surface area contributed by atoms with E-state index in [9.17, 15) is 0 Å². The van der Waals surface area contributed by atoms with Gasteiger partial charge in [-0.1, -0.05) is 18.9 Å². The van der Waals surface area contributed by atoms with Gasteiger partial charge in [-0.05, 0) is 24.7 Å². The minimum atomic E-state index is 1.03. The number of rotatable bonds is 2. The zero-order valence-electron chi connectivity index (χ0n) is 7.84. The summed E-state index contributed by atoms with van der Waals surface area (Å²) in [6, 6.07) is 0. The minimum absolute atomic E-state index is 1.03. The Labute approximate surface area is 75.4 Å². The van der Waals surface area contributed by atoms with Gasteiger partial charge in [0, 0.05) is 19.6 Å². The molecule has 0 N–H and O–H groups in total. The molecule has 0 aromatic rings. The number of fused-ring (bicyclic) bond motifs is 1. The Morgan fingerprint density at radius 3 is 2.25 bits per heavy atom. The van der Waals surface area contributed by atoms with Gasteiger partial charge in [0.05, 0.1) is 0 Å². The van der Waals surface area contributed by atoms with Gasteiger partial charge in [-0.25, -0.2) is 0 Å². The summed E-state index contributed by atoms with van der Waals surface area (Å²) in [5.74, 6) is 2.05. The van der Waals surface area contributed by atoms with Crippen LogP contribution in [0.4, 0.5) is 0 Å². The quantitative estimate of drug-likeness (QED) is 0.567. The third-order valence-electron chi connectivity index (χ3n) is 3.44. The third kappa shape index (κ3) is 1.56. The fourth-order valence-electron chi connectivity index (χ4n) is 2.83. The molecule has 1 saturated carbocycles. The van der Waals surface area contributed by atoms with Crippen molar-refractivity contribution in [2.75, 3.05) is 19.6 Å². The van der Waals surface area contributed by atoms with Gasteiger partial charge in [0.15, 0.2) is 0 Å². The zero-order valence-corrected chi connectivity index (χ0v) is 7.84. The molecule has 1 nitrogen and oxygen atoms in total. The fraction of sp³-hybridized carbons (Fsp3) is 0.818. The van der Waals surface area contributed by atoms with Crippen molar-refractivity contribution in [2.45, 2.75) is 25.7 Å². The summed E-state index contributed by atoms with van der Waals surface area (Å²) in [7, 11) is 0. The van der Waals surface area contributed by atoms with Crippen molar-refractivity contribution in [1.82, 2.24) is 4.90 Å². The van der Waals surface area contributed by atoms with Gasteiger partial charge in [0.25, 0.3) is 0 Å². The summed E-state index contributed by atoms with van der Waals surface area (Å²) < 4.78 is 0. The van der Waals surface area contributed by atoms with Crippen LogP contribution in [-0.4, -0.2) is 24.5 Å². The lowest BCUT2D eigenvalue weighted by molar-refractivity contribution is 0.299. The van der Waals surface area contributed by atoms with Gasteiger partial charge in [0.2, 0.25) is 0 Å². The van der Waals surface area contributed by atoms with Crippen molar-refractivity contribution >= 4 is 0 Å². The van der Waals surface area contributed by atoms with E-state index in [-0.39, 0.29) is 0 Å². The number of likely N-dealkylation sites (tertiary alicyclic amines) is 1. The van der Waals surface area contributed by atoms with Gasteiger partial charge in [-0.2, -0.15) is 0 Å². The first kappa shape index (κ1) is 8.31. The summed E-state index contributed by atoms with van der Waals surface area (Å²) in [4.78, 5) is 2.56. The van der Waals surface area contributed by atoms with Crippen LogP contribution in [0.3, 0.4) is 0 Å². The van der Waals surface area contributed by atoms with E-state index in [1.165, 1.54) is 38.8 Å². The van der Waals surface area contributed by atoms with E-state index >= 15 is 0 Å². The highest BCUT2D eigenvalue weighted by molar-refractivity contribution is 4.89. The molecule has 1 aliphatic heterocycles. The third-order valence-corrected chi connectivity index (χ3v) is 3.44. The van der Waals surface area contributed by atoms with Crippen LogP contribution in [0, 0.1) is 11.8 Å². The van der Waals surface area contributed by atoms with Crippen molar-refractivity contribution < 1.29 is 0 Å². The second-order valence-electron chi connectivity index (χ2n) is 4.31. The van der Waals surface area contributed by atoms with E-state index in [1.807, 2.05) is 6.08 Å². The molecular weight excluding hydrogens is 146 g/mol. The summed E-state index contributed by atoms with van der Waals surface area (Å²) in [6.07, 6.45) is 7.96. The summed E-state index contributed by atoms with van der Waals surface area (Å²) in [5, 5.41) is 0. The maximum Gasteiger partial charge on any atom is 0.0160 e. The van der Waals surface area contributed by atoms with Crippen LogP contribution in [-0.2, 0) is 0 Å². The standard InChI is InChI=1S/C11H19N/c1-2-7-12-8-10-5-3-4-6-11(10)9-12/h2,10-11H,1,3-9H2. The number of nitrogens with zero attached hydrogens (tertiary/aromatic N) is 1. The Balaban J connectivity index is 1.89. The molecule has 2 rings (SSSR count). The van der Waals surface area contributed by atoms with Crippen molar-refractivity contribution in [3.8, 4) is 0 Å². The summed E-state index contributed by atoms with van der Waals surface area (Å²) in [6.45, 7) is 7.59. The number of hydrogen-bond acceptors (Lipinski definition) is 1. The molecule has 12 heavy (non-hydrogen) atoms. The largest absolute Gasteiger partial charge is 0.299 e. The van der Waals surface area contributed by atoms with E-state index < -0.39 is 0 Å². The second kappa shape index (κ2) is 3.61. The average molecular weight is 165 g/mol. The van der Waals surface area contributed by atoms with Crippen molar-refractivity contribution in [1.29, 1.82) is 0 Å². The van der Waals surface area contributed by atoms with E-state index in [0.29, 0.717) is 0 Å². The van der Waals surface area contributed by atoms with Crippen molar-refractivity contribution in [3.63, 3.8) is 0 Å². The lowest BCUT2D eigenvalue weighted by Crippen LogP contribution is -2.20. The highest BCUT2D eigenvalue weighted by atomic mass is 15.1. The van der Waals surface area contributed by atoms with Crippen LogP contribution in [0.15, 0.2) is 12.7 Å². The van der Waals surface area contributed by atoms with E-state index in [4.69, 9.17) is 0 Å². The van der Waals surface area contributed by atoms with Gasteiger partial charge in [0.1, 0.15) is 0 Å². The molecule has 2 atom stereocenters. The lowest BCUT2D eigenvalue weighted by Gasteiger charge is -2.23. The summed E-state index contributed by atoms with van der Waals surface area (Å²) in [5.41, 5.74) is 0. The highest BCUT2D eigenvalue weighted by Crippen LogP contribution is 2.35. The lowest BCUT2D eigenvalue weighted by atomic mass is 9.82. The molecule has 0 spiro atoms. The monoisotopic (exact) mass is 165 g/mol. The van der Waals surface area contributed by atoms with Crippen LogP contribution in [0.1, 0.15) is 25.7 Å². The van der Waals surface area contributed by atoms with E-state index in [2.05, 4.69) is 11.5 Å². The zero-order chi connectivity index (χ0) is 8.39. The molecule has 0 radical (unpaired) electrons. The Morgan fingerprint density at radius 2 is 1.75 bits per heavy atom. The molecule has 2 fully saturated rings. The molecule has 2 unspecified atom stereocenters. The van der Waals surface area contributed by atoms with Gasteiger partial charge in [-0.3, -0.25) is 4.90 Å². The van der Waals surface area contributed by atoms with Gasteiger partial charge >= 0.3 is 0 Å². The Morgan fingerprint density at radius 1 is 1.17 bits per heavy atom. The predicted molar refractivity (Wildman–Crippen MR) is 52.1 cm³/mol. The first-order valence-corrected chi connectivity index (χ1v) is 5.23. The summed E-state index contributed by atoms with van der Waals surface area (Å²) >= 11 is 0. The molecule has 0 aromatic carbocycles. The topological polar surface area (TPSA) is 3.24 Å². The van der Waals surface area contributed by atoms with Crippen LogP contribution in [0.5, 0.6) is 0 Å². The molecule has 0 amide bonds. The van der Waals surface area contributed by atoms with Crippen LogP contribution >= 0.6 is 0 Å². The smallest absolute Gasteiger partial charge is 0.0160 e. The van der Waals surface area contributed by atoms with Gasteiger partial charge < -0.3 is 0 Å². The molecule has 68 valence electrons. The molecule has 1 saturated heterocycles. The van der Waals surface area contributed by atoms with Crippen LogP contribution in [0.25, 0.3) is 0 Å². The maximum absolute atomic E-state index is 3.80. The van der Waals surface area contributed by atoms with Crippen LogP contribution in [0.2, 0.25) is 0 Å². The van der Waals surface area contributed by atoms with Crippen LogP contribution < -0.4 is 0 Å². The predicted octanol–water partition coefficient (Wildman–Crippen LogP) is 2.29. The first-order chi connectivity index (χ1) is 5.90. The molecule has 1 aliphatic carbocycles. The first-order valence-electron chi connectivity index (χ1n) is 5.23. The number of hydrogen-bond donors (Lipinski definition) is 0. The normalized spacial score (nSPS) is 36.3. The van der Waals surface area contributed by atoms with Crippen molar-refractivity contribution in [3.05, 3.63) is 12.7 Å². The Bertz CT molecular complexity index is 150. The molecule has 0 bridgehead atoms. The molecule has 0 aromatic heterocycles. The van der Waals surface area contributed by atoms with E-state index in [1.54, 1.807) is 0 Å². The molecule has 2 aliphatic rings.